The third-order valence-electron chi connectivity index (χ3n) is 10.4. The first-order chi connectivity index (χ1) is 26.7. The quantitative estimate of drug-likeness (QED) is 0.154. The number of ketones is 2. The summed E-state index contributed by atoms with van der Waals surface area (Å²) in [6.45, 7) is 12.4. The Hall–Kier alpha value is -4.50. The van der Waals surface area contributed by atoms with Gasteiger partial charge in [-0.3, -0.25) is 28.3 Å². The van der Waals surface area contributed by atoms with Crippen LogP contribution < -0.4 is 11.1 Å². The lowest BCUT2D eigenvalue weighted by molar-refractivity contribution is 0.0965. The Morgan fingerprint density at radius 2 is 1.05 bits per heavy atom. The average Bonchev–Trinajstić information content (AvgIpc) is 3.44. The fourth-order valence-electron chi connectivity index (χ4n) is 7.04. The van der Waals surface area contributed by atoms with Crippen molar-refractivity contribution >= 4 is 36.4 Å². The Balaban J connectivity index is 0.000000300. The predicted molar refractivity (Wildman–Crippen MR) is 220 cm³/mol. The van der Waals surface area contributed by atoms with E-state index in [9.17, 15) is 38.2 Å². The zero-order chi connectivity index (χ0) is 40.8. The standard InChI is InChI=1S/2C21H25FN2O4.2ClH/c2*1-4-15-11-28-10-13(3)24-20(15)23-18(19(26)21(24)27)17(25)8-6-14-5-7-16(22)12(2)9-14;;/h2*5,7,9,13,15,26H,4,6,8,10-11H2,1-3H3;2*1H/t13-,15+;13-,15-;;/m00../s1. The third kappa shape index (κ3) is 10.6. The molecule has 6 rings (SSSR count). The van der Waals surface area contributed by atoms with E-state index >= 15 is 0 Å². The highest BCUT2D eigenvalue weighted by Crippen LogP contribution is 2.28. The lowest BCUT2D eigenvalue weighted by Gasteiger charge is -2.19. The molecule has 0 aliphatic carbocycles. The number of nitrogens with zero attached hydrogens (tertiary/aromatic N) is 4. The van der Waals surface area contributed by atoms with E-state index in [1.165, 1.54) is 21.3 Å². The van der Waals surface area contributed by atoms with Crippen molar-refractivity contribution in [2.24, 2.45) is 0 Å². The van der Waals surface area contributed by atoms with Crippen LogP contribution in [0.25, 0.3) is 0 Å². The number of carbonyl (C=O) groups excluding carboxylic acids is 2. The largest absolute Gasteiger partial charge is 0.501 e. The Morgan fingerprint density at radius 1 is 0.690 bits per heavy atom. The summed E-state index contributed by atoms with van der Waals surface area (Å²) in [5.41, 5.74) is 1.04. The van der Waals surface area contributed by atoms with Crippen LogP contribution in [0.4, 0.5) is 8.78 Å². The van der Waals surface area contributed by atoms with E-state index < -0.39 is 34.2 Å². The number of hydrogen-bond donors (Lipinski definition) is 2. The van der Waals surface area contributed by atoms with E-state index in [1.807, 2.05) is 27.7 Å². The monoisotopic (exact) mass is 848 g/mol. The summed E-state index contributed by atoms with van der Waals surface area (Å²) in [5.74, 6) is -1.92. The molecule has 58 heavy (non-hydrogen) atoms. The zero-order valence-electron chi connectivity index (χ0n) is 33.5. The summed E-state index contributed by atoms with van der Waals surface area (Å²) < 4.78 is 40.9. The molecule has 0 bridgehead atoms. The van der Waals surface area contributed by atoms with E-state index in [-0.39, 0.29) is 84.6 Å². The number of Topliss-reactive ketones (excluding diaryl/α,β-unsaturated/α-hetero) is 2. The molecule has 16 heteroatoms. The highest BCUT2D eigenvalue weighted by atomic mass is 35.5. The van der Waals surface area contributed by atoms with Crippen molar-refractivity contribution < 1.29 is 38.1 Å². The second-order valence-electron chi connectivity index (χ2n) is 14.7. The summed E-state index contributed by atoms with van der Waals surface area (Å²) in [6.07, 6.45) is 2.28. The van der Waals surface area contributed by atoms with E-state index in [0.717, 1.165) is 11.1 Å². The van der Waals surface area contributed by atoms with Crippen LogP contribution in [0.1, 0.15) is 132 Å². The highest BCUT2D eigenvalue weighted by molar-refractivity contribution is 5.97. The van der Waals surface area contributed by atoms with Crippen molar-refractivity contribution in [1.82, 2.24) is 19.1 Å². The third-order valence-corrected chi connectivity index (χ3v) is 10.4. The Morgan fingerprint density at radius 3 is 1.38 bits per heavy atom. The molecular formula is C42H52Cl2F2N4O8. The maximum Gasteiger partial charge on any atom is 0.296 e. The average molecular weight is 850 g/mol. The first-order valence-electron chi connectivity index (χ1n) is 19.1. The van der Waals surface area contributed by atoms with Gasteiger partial charge in [0.1, 0.15) is 23.3 Å². The topological polar surface area (TPSA) is 163 Å². The lowest BCUT2D eigenvalue weighted by atomic mass is 10.0. The van der Waals surface area contributed by atoms with E-state index in [1.54, 1.807) is 38.1 Å². The maximum atomic E-state index is 13.4. The van der Waals surface area contributed by atoms with Gasteiger partial charge in [0.05, 0.1) is 38.5 Å². The van der Waals surface area contributed by atoms with Crippen LogP contribution in [0.2, 0.25) is 0 Å². The molecule has 4 aromatic rings. The molecule has 316 valence electrons. The van der Waals surface area contributed by atoms with Gasteiger partial charge < -0.3 is 19.7 Å². The van der Waals surface area contributed by atoms with Crippen LogP contribution in [0.3, 0.4) is 0 Å². The number of aryl methyl sites for hydroxylation is 4. The molecule has 12 nitrogen and oxygen atoms in total. The van der Waals surface area contributed by atoms with Gasteiger partial charge in [-0.05, 0) is 87.8 Å². The van der Waals surface area contributed by atoms with E-state index in [4.69, 9.17) is 9.47 Å². The number of hydrogen-bond acceptors (Lipinski definition) is 10. The van der Waals surface area contributed by atoms with E-state index in [2.05, 4.69) is 9.97 Å². The summed E-state index contributed by atoms with van der Waals surface area (Å²) in [4.78, 5) is 59.7. The van der Waals surface area contributed by atoms with Crippen LogP contribution in [-0.4, -0.2) is 67.3 Å². The van der Waals surface area contributed by atoms with Crippen LogP contribution in [0, 0.1) is 25.5 Å². The molecule has 4 heterocycles. The second kappa shape index (κ2) is 21.0. The molecular weight excluding hydrogens is 797 g/mol. The fraction of sp³-hybridized carbons (Fsp3) is 0.476. The van der Waals surface area contributed by atoms with Gasteiger partial charge in [0.15, 0.2) is 23.0 Å². The maximum absolute atomic E-state index is 13.4. The lowest BCUT2D eigenvalue weighted by Crippen LogP contribution is -2.31. The Bertz CT molecular complexity index is 2080. The molecule has 0 saturated carbocycles. The van der Waals surface area contributed by atoms with Crippen LogP contribution >= 0.6 is 24.8 Å². The highest BCUT2D eigenvalue weighted by Gasteiger charge is 2.31. The van der Waals surface area contributed by atoms with Gasteiger partial charge in [0, 0.05) is 24.7 Å². The molecule has 0 saturated heterocycles. The molecule has 0 spiro atoms. The summed E-state index contributed by atoms with van der Waals surface area (Å²) in [6, 6.07) is 8.82. The minimum Gasteiger partial charge on any atom is -0.501 e. The Kier molecular flexibility index (Phi) is 17.3. The molecule has 2 aliphatic rings. The van der Waals surface area contributed by atoms with Crippen LogP contribution in [-0.2, 0) is 22.3 Å². The first kappa shape index (κ1) is 47.9. The number of halogens is 4. The molecule has 4 atom stereocenters. The van der Waals surface area contributed by atoms with Crippen molar-refractivity contribution in [3.05, 3.63) is 114 Å². The van der Waals surface area contributed by atoms with Gasteiger partial charge in [-0.15, -0.1) is 24.8 Å². The van der Waals surface area contributed by atoms with Crippen molar-refractivity contribution in [1.29, 1.82) is 0 Å². The Labute approximate surface area is 348 Å². The SMILES string of the molecule is CC[C@@H]1COC[C@H](C)n2c1nc(C(=O)CCc1ccc(F)c(C)c1)c(O)c2=O.CC[C@H]1COC[C@H](C)n2c1nc(C(=O)CCc1ccc(F)c(C)c1)c(O)c2=O.Cl.Cl. The number of fused-ring (bicyclic) bond motifs is 2. The van der Waals surface area contributed by atoms with Gasteiger partial charge in [-0.1, -0.05) is 38.1 Å². The van der Waals surface area contributed by atoms with Gasteiger partial charge in [0.25, 0.3) is 11.1 Å². The summed E-state index contributed by atoms with van der Waals surface area (Å²) >= 11 is 0. The van der Waals surface area contributed by atoms with Crippen molar-refractivity contribution in [3.8, 4) is 11.5 Å². The van der Waals surface area contributed by atoms with Crippen molar-refractivity contribution in [3.63, 3.8) is 0 Å². The number of aromatic nitrogens is 4. The normalized spacial score (nSPS) is 18.5. The molecule has 2 aromatic heterocycles. The van der Waals surface area contributed by atoms with Crippen molar-refractivity contribution in [2.45, 2.75) is 104 Å². The second-order valence-corrected chi connectivity index (χ2v) is 14.7. The number of aromatic hydroxyl groups is 2. The number of ether oxygens (including phenoxy) is 2. The van der Waals surface area contributed by atoms with Crippen molar-refractivity contribution in [2.75, 3.05) is 26.4 Å². The molecule has 2 aliphatic heterocycles. The molecule has 2 N–H and O–H groups in total. The fourth-order valence-corrected chi connectivity index (χ4v) is 7.04. The summed E-state index contributed by atoms with van der Waals surface area (Å²) in [7, 11) is 0. The molecule has 0 fully saturated rings. The van der Waals surface area contributed by atoms with Gasteiger partial charge in [-0.25, -0.2) is 18.7 Å². The number of rotatable bonds is 10. The molecule has 2 aromatic carbocycles. The number of carbonyl (C=O) groups is 2. The van der Waals surface area contributed by atoms with Gasteiger partial charge in [-0.2, -0.15) is 0 Å². The van der Waals surface area contributed by atoms with Gasteiger partial charge in [0.2, 0.25) is 11.5 Å². The van der Waals surface area contributed by atoms with E-state index in [0.29, 0.717) is 74.9 Å². The predicted octanol–water partition coefficient (Wildman–Crippen LogP) is 7.44. The van der Waals surface area contributed by atoms with Crippen LogP contribution in [0.15, 0.2) is 46.0 Å². The summed E-state index contributed by atoms with van der Waals surface area (Å²) in [5, 5.41) is 20.7. The smallest absolute Gasteiger partial charge is 0.296 e. The minimum absolute atomic E-state index is 0. The molecule has 0 radical (unpaired) electrons. The molecule has 0 unspecified atom stereocenters. The van der Waals surface area contributed by atoms with Gasteiger partial charge >= 0.3 is 0 Å². The zero-order valence-corrected chi connectivity index (χ0v) is 35.2. The molecule has 0 amide bonds. The first-order valence-corrected chi connectivity index (χ1v) is 19.1. The van der Waals surface area contributed by atoms with Crippen LogP contribution in [0.5, 0.6) is 11.5 Å². The number of benzene rings is 2. The minimum atomic E-state index is -0.618.